The molecule has 0 aliphatic heterocycles. The van der Waals surface area contributed by atoms with Gasteiger partial charge in [-0.2, -0.15) is 10.5 Å². The molecule has 1 saturated carbocycles. The predicted octanol–water partition coefficient (Wildman–Crippen LogP) is 2.76. The first-order chi connectivity index (χ1) is 12.2. The van der Waals surface area contributed by atoms with Gasteiger partial charge in [0.25, 0.3) is 0 Å². The number of hydrogen-bond donors (Lipinski definition) is 1. The largest absolute Gasteiger partial charge is 0.330 e. The van der Waals surface area contributed by atoms with Gasteiger partial charge >= 0.3 is 0 Å². The number of nitrogens with two attached hydrogens (primary N) is 1. The summed E-state index contributed by atoms with van der Waals surface area (Å²) >= 11 is 0. The van der Waals surface area contributed by atoms with Gasteiger partial charge in [-0.25, -0.2) is 0 Å². The Morgan fingerprint density at radius 1 is 1.15 bits per heavy atom. The molecule has 3 unspecified atom stereocenters. The zero-order chi connectivity index (χ0) is 19.3. The highest BCUT2D eigenvalue weighted by Crippen LogP contribution is 2.64. The first kappa shape index (κ1) is 18.3. The standard InChI is InChI=1S/C21H23N3O2/c1-19(2)16-4-5-21(6-7-22)10-13(11-23)15(25)8-17(21)20(16,3)9-14(12-24)18(19)26/h8-10,16H,4-7,22H2,1-3H3. The molecule has 0 bridgehead atoms. The predicted molar refractivity (Wildman–Crippen MR) is 96.2 cm³/mol. The molecule has 0 radical (unpaired) electrons. The topological polar surface area (TPSA) is 108 Å². The first-order valence-electron chi connectivity index (χ1n) is 8.94. The van der Waals surface area contributed by atoms with Gasteiger partial charge in [0.15, 0.2) is 11.6 Å². The Labute approximate surface area is 153 Å². The number of Topliss-reactive ketones (excluding diaryl/α,β-unsaturated/α-hetero) is 1. The maximum Gasteiger partial charge on any atom is 0.196 e. The lowest BCUT2D eigenvalue weighted by molar-refractivity contribution is -0.130. The zero-order valence-corrected chi connectivity index (χ0v) is 15.4. The van der Waals surface area contributed by atoms with Gasteiger partial charge in [0.1, 0.15) is 12.1 Å². The highest BCUT2D eigenvalue weighted by Gasteiger charge is 2.59. The van der Waals surface area contributed by atoms with Gasteiger partial charge in [0, 0.05) is 16.2 Å². The fourth-order valence-corrected chi connectivity index (χ4v) is 5.49. The van der Waals surface area contributed by atoms with Crippen LogP contribution in [-0.4, -0.2) is 18.1 Å². The number of carbonyl (C=O) groups excluding carboxylic acids is 2. The van der Waals surface area contributed by atoms with Crippen LogP contribution in [0.5, 0.6) is 0 Å². The molecule has 0 saturated heterocycles. The minimum atomic E-state index is -0.688. The molecular formula is C21H23N3O2. The molecule has 26 heavy (non-hydrogen) atoms. The highest BCUT2D eigenvalue weighted by atomic mass is 16.1. The number of fused-ring (bicyclic) bond motifs is 3. The quantitative estimate of drug-likeness (QED) is 0.824. The molecule has 1 fully saturated rings. The van der Waals surface area contributed by atoms with Crippen molar-refractivity contribution in [3.05, 3.63) is 34.9 Å². The smallest absolute Gasteiger partial charge is 0.196 e. The second kappa shape index (κ2) is 5.76. The molecule has 2 N–H and O–H groups in total. The van der Waals surface area contributed by atoms with E-state index in [-0.39, 0.29) is 28.6 Å². The first-order valence-corrected chi connectivity index (χ1v) is 8.94. The van der Waals surface area contributed by atoms with Gasteiger partial charge < -0.3 is 5.73 Å². The second-order valence-corrected chi connectivity index (χ2v) is 8.38. The lowest BCUT2D eigenvalue weighted by Crippen LogP contribution is -2.54. The maximum absolute atomic E-state index is 12.8. The summed E-state index contributed by atoms with van der Waals surface area (Å²) in [6.45, 7) is 6.22. The summed E-state index contributed by atoms with van der Waals surface area (Å²) in [5.74, 6) is -0.454. The van der Waals surface area contributed by atoms with Crippen LogP contribution in [0, 0.1) is 44.8 Å². The number of nitriles is 2. The molecule has 0 amide bonds. The molecular weight excluding hydrogens is 326 g/mol. The van der Waals surface area contributed by atoms with Crippen molar-refractivity contribution in [3.8, 4) is 12.1 Å². The van der Waals surface area contributed by atoms with Gasteiger partial charge in [0.05, 0.1) is 11.1 Å². The van der Waals surface area contributed by atoms with Crippen LogP contribution >= 0.6 is 0 Å². The van der Waals surface area contributed by atoms with Crippen molar-refractivity contribution in [3.63, 3.8) is 0 Å². The molecule has 0 aromatic heterocycles. The van der Waals surface area contributed by atoms with E-state index in [4.69, 9.17) is 5.73 Å². The van der Waals surface area contributed by atoms with Crippen molar-refractivity contribution in [2.75, 3.05) is 6.54 Å². The summed E-state index contributed by atoms with van der Waals surface area (Å²) in [6.07, 6.45) is 7.23. The minimum Gasteiger partial charge on any atom is -0.330 e. The number of ketones is 2. The van der Waals surface area contributed by atoms with Crippen LogP contribution in [0.3, 0.4) is 0 Å². The Bertz CT molecular complexity index is 878. The summed E-state index contributed by atoms with van der Waals surface area (Å²) in [4.78, 5) is 25.2. The molecule has 5 heteroatoms. The summed E-state index contributed by atoms with van der Waals surface area (Å²) in [5, 5.41) is 18.8. The number of rotatable bonds is 2. The number of allylic oxidation sites excluding steroid dienone is 6. The number of hydrogen-bond acceptors (Lipinski definition) is 5. The van der Waals surface area contributed by atoms with Crippen LogP contribution in [0.15, 0.2) is 34.9 Å². The van der Waals surface area contributed by atoms with Gasteiger partial charge in [0.2, 0.25) is 0 Å². The van der Waals surface area contributed by atoms with E-state index >= 15 is 0 Å². The third-order valence-electron chi connectivity index (χ3n) is 6.66. The molecule has 3 rings (SSSR count). The van der Waals surface area contributed by atoms with Crippen LogP contribution in [-0.2, 0) is 9.59 Å². The monoisotopic (exact) mass is 349 g/mol. The molecule has 0 spiro atoms. The molecule has 0 heterocycles. The van der Waals surface area contributed by atoms with E-state index < -0.39 is 16.2 Å². The van der Waals surface area contributed by atoms with E-state index in [1.807, 2.05) is 32.9 Å². The van der Waals surface area contributed by atoms with Crippen molar-refractivity contribution in [1.82, 2.24) is 0 Å². The average molecular weight is 349 g/mol. The second-order valence-electron chi connectivity index (χ2n) is 8.38. The van der Waals surface area contributed by atoms with E-state index in [0.717, 1.165) is 18.4 Å². The Morgan fingerprint density at radius 3 is 2.38 bits per heavy atom. The van der Waals surface area contributed by atoms with Crippen molar-refractivity contribution in [2.24, 2.45) is 27.9 Å². The number of carbonyl (C=O) groups is 2. The van der Waals surface area contributed by atoms with E-state index in [0.29, 0.717) is 13.0 Å². The zero-order valence-electron chi connectivity index (χ0n) is 15.4. The summed E-state index contributed by atoms with van der Waals surface area (Å²) in [7, 11) is 0. The summed E-state index contributed by atoms with van der Waals surface area (Å²) in [5.41, 5.74) is 5.33. The SMILES string of the molecule is CC1(C)C(=O)C(C#N)=CC2(C)C3=CC(=O)C(C#N)=CC3(CCN)CCC12. The third-order valence-corrected chi connectivity index (χ3v) is 6.66. The van der Waals surface area contributed by atoms with Crippen LogP contribution in [0.25, 0.3) is 0 Å². The van der Waals surface area contributed by atoms with Crippen LogP contribution in [0.4, 0.5) is 0 Å². The van der Waals surface area contributed by atoms with E-state index in [1.54, 1.807) is 18.2 Å². The van der Waals surface area contributed by atoms with Crippen molar-refractivity contribution in [1.29, 1.82) is 10.5 Å². The highest BCUT2D eigenvalue weighted by molar-refractivity contribution is 6.09. The lowest BCUT2D eigenvalue weighted by Gasteiger charge is -2.57. The molecule has 5 nitrogen and oxygen atoms in total. The van der Waals surface area contributed by atoms with E-state index in [2.05, 4.69) is 0 Å². The Kier molecular flexibility index (Phi) is 4.05. The normalized spacial score (nSPS) is 35.2. The molecule has 3 aliphatic carbocycles. The van der Waals surface area contributed by atoms with E-state index in [9.17, 15) is 20.1 Å². The Balaban J connectivity index is 2.27. The van der Waals surface area contributed by atoms with Crippen molar-refractivity contribution < 1.29 is 9.59 Å². The van der Waals surface area contributed by atoms with Crippen LogP contribution in [0.2, 0.25) is 0 Å². The van der Waals surface area contributed by atoms with Gasteiger partial charge in [-0.05, 0) is 43.4 Å². The lowest BCUT2D eigenvalue weighted by atomic mass is 9.45. The molecule has 0 aromatic rings. The summed E-state index contributed by atoms with van der Waals surface area (Å²) in [6, 6.07) is 4.05. The fourth-order valence-electron chi connectivity index (χ4n) is 5.49. The van der Waals surface area contributed by atoms with Crippen LogP contribution in [0.1, 0.15) is 40.0 Å². The van der Waals surface area contributed by atoms with Gasteiger partial charge in [-0.15, -0.1) is 0 Å². The molecule has 3 atom stereocenters. The van der Waals surface area contributed by atoms with Gasteiger partial charge in [-0.3, -0.25) is 9.59 Å². The third kappa shape index (κ3) is 2.24. The maximum atomic E-state index is 12.8. The number of nitrogens with zero attached hydrogens (tertiary/aromatic N) is 2. The Hall–Kier alpha value is -2.50. The van der Waals surface area contributed by atoms with Gasteiger partial charge in [-0.1, -0.05) is 32.9 Å². The van der Waals surface area contributed by atoms with Crippen molar-refractivity contribution >= 4 is 11.6 Å². The fraction of sp³-hybridized carbons (Fsp3) is 0.524. The average Bonchev–Trinajstić information content (AvgIpc) is 2.59. The molecule has 134 valence electrons. The Morgan fingerprint density at radius 2 is 1.81 bits per heavy atom. The van der Waals surface area contributed by atoms with Crippen LogP contribution < -0.4 is 5.73 Å². The van der Waals surface area contributed by atoms with Crippen molar-refractivity contribution in [2.45, 2.75) is 40.0 Å². The molecule has 0 aromatic carbocycles. The molecule has 3 aliphatic rings. The minimum absolute atomic E-state index is 0.0124. The summed E-state index contributed by atoms with van der Waals surface area (Å²) < 4.78 is 0. The van der Waals surface area contributed by atoms with E-state index in [1.165, 1.54) is 0 Å².